The second-order valence-electron chi connectivity index (χ2n) is 4.76. The molecule has 1 N–H and O–H groups in total. The van der Waals surface area contributed by atoms with Crippen LogP contribution in [-0.2, 0) is 9.84 Å². The van der Waals surface area contributed by atoms with Gasteiger partial charge in [0.1, 0.15) is 5.52 Å². The highest BCUT2D eigenvalue weighted by Gasteiger charge is 2.24. The lowest BCUT2D eigenvalue weighted by atomic mass is 10.3. The molecule has 1 unspecified atom stereocenters. The minimum Gasteiger partial charge on any atom is -0.391 e. The third-order valence-electron chi connectivity index (χ3n) is 3.20. The Hall–Kier alpha value is -1.18. The number of fused-ring (bicyclic) bond motifs is 1. The first-order valence-electron chi connectivity index (χ1n) is 5.98. The summed E-state index contributed by atoms with van der Waals surface area (Å²) in [5.41, 5.74) is 0.534. The van der Waals surface area contributed by atoms with Crippen LogP contribution in [0.3, 0.4) is 0 Å². The summed E-state index contributed by atoms with van der Waals surface area (Å²) in [7, 11) is -3.27. The van der Waals surface area contributed by atoms with Crippen molar-refractivity contribution in [2.75, 3.05) is 24.2 Å². The molecule has 2 aromatic rings. The Kier molecular flexibility index (Phi) is 2.99. The van der Waals surface area contributed by atoms with Gasteiger partial charge in [0, 0.05) is 19.3 Å². The predicted molar refractivity (Wildman–Crippen MR) is 75.6 cm³/mol. The number of β-amino-alcohol motifs (C(OH)–C–C–N with tert-alkyl or cyclic N) is 1. The van der Waals surface area contributed by atoms with Gasteiger partial charge < -0.3 is 10.0 Å². The third-order valence-corrected chi connectivity index (χ3v) is 5.41. The highest BCUT2D eigenvalue weighted by atomic mass is 32.2. The second-order valence-corrected chi connectivity index (χ2v) is 7.75. The van der Waals surface area contributed by atoms with Crippen LogP contribution < -0.4 is 4.90 Å². The molecule has 2 heterocycles. The van der Waals surface area contributed by atoms with Crippen LogP contribution in [0.5, 0.6) is 0 Å². The van der Waals surface area contributed by atoms with Crippen molar-refractivity contribution in [3.8, 4) is 0 Å². The van der Waals surface area contributed by atoms with E-state index < -0.39 is 9.84 Å². The van der Waals surface area contributed by atoms with Crippen molar-refractivity contribution in [2.45, 2.75) is 17.4 Å². The lowest BCUT2D eigenvalue weighted by Gasteiger charge is -2.12. The first-order valence-corrected chi connectivity index (χ1v) is 8.68. The van der Waals surface area contributed by atoms with Gasteiger partial charge in [-0.2, -0.15) is 0 Å². The topological polar surface area (TPSA) is 70.5 Å². The van der Waals surface area contributed by atoms with Gasteiger partial charge in [0.25, 0.3) is 0 Å². The number of para-hydroxylation sites is 1. The van der Waals surface area contributed by atoms with Gasteiger partial charge in [-0.1, -0.05) is 17.4 Å². The molecule has 0 spiro atoms. The van der Waals surface area contributed by atoms with E-state index in [2.05, 4.69) is 4.98 Å². The number of aliphatic hydroxyl groups is 1. The average Bonchev–Trinajstić information content (AvgIpc) is 2.92. The molecule has 3 rings (SSSR count). The minimum atomic E-state index is -3.27. The molecular formula is C12H14N2O3S2. The van der Waals surface area contributed by atoms with E-state index in [4.69, 9.17) is 0 Å². The minimum absolute atomic E-state index is 0.271. The van der Waals surface area contributed by atoms with Crippen LogP contribution in [0.25, 0.3) is 10.2 Å². The SMILES string of the molecule is CS(=O)(=O)c1cccc2sc(N3CCC(O)C3)nc12. The molecular weight excluding hydrogens is 284 g/mol. The molecule has 0 radical (unpaired) electrons. The van der Waals surface area contributed by atoms with Crippen LogP contribution in [-0.4, -0.2) is 44.0 Å². The van der Waals surface area contributed by atoms with Crippen molar-refractivity contribution in [3.05, 3.63) is 18.2 Å². The first kappa shape index (κ1) is 12.8. The maximum atomic E-state index is 11.7. The zero-order valence-electron chi connectivity index (χ0n) is 10.4. The van der Waals surface area contributed by atoms with Gasteiger partial charge in [-0.15, -0.1) is 0 Å². The van der Waals surface area contributed by atoms with Crippen molar-refractivity contribution in [3.63, 3.8) is 0 Å². The summed E-state index contributed by atoms with van der Waals surface area (Å²) in [6.45, 7) is 1.32. The number of rotatable bonds is 2. The van der Waals surface area contributed by atoms with Crippen molar-refractivity contribution < 1.29 is 13.5 Å². The van der Waals surface area contributed by atoms with Crippen LogP contribution in [0.15, 0.2) is 23.1 Å². The molecule has 0 saturated carbocycles. The fourth-order valence-electron chi connectivity index (χ4n) is 2.26. The fourth-order valence-corrected chi connectivity index (χ4v) is 4.19. The van der Waals surface area contributed by atoms with Crippen molar-refractivity contribution in [2.24, 2.45) is 0 Å². The van der Waals surface area contributed by atoms with Gasteiger partial charge in [0.2, 0.25) is 0 Å². The molecule has 19 heavy (non-hydrogen) atoms. The maximum absolute atomic E-state index is 11.7. The molecule has 1 aliphatic heterocycles. The number of hydrogen-bond donors (Lipinski definition) is 1. The van der Waals surface area contributed by atoms with Gasteiger partial charge in [0.15, 0.2) is 15.0 Å². The Morgan fingerprint density at radius 2 is 2.26 bits per heavy atom. The summed E-state index contributed by atoms with van der Waals surface area (Å²) in [6, 6.07) is 5.19. The second kappa shape index (κ2) is 4.43. The molecule has 102 valence electrons. The Morgan fingerprint density at radius 3 is 2.89 bits per heavy atom. The Morgan fingerprint density at radius 1 is 1.47 bits per heavy atom. The Balaban J connectivity index is 2.11. The van der Waals surface area contributed by atoms with Gasteiger partial charge in [-0.3, -0.25) is 0 Å². The van der Waals surface area contributed by atoms with Gasteiger partial charge >= 0.3 is 0 Å². The third kappa shape index (κ3) is 2.33. The van der Waals surface area contributed by atoms with Crippen molar-refractivity contribution in [1.82, 2.24) is 4.98 Å². The smallest absolute Gasteiger partial charge is 0.186 e. The van der Waals surface area contributed by atoms with E-state index in [9.17, 15) is 13.5 Å². The molecule has 1 aliphatic rings. The number of hydrogen-bond acceptors (Lipinski definition) is 6. The summed E-state index contributed by atoms with van der Waals surface area (Å²) in [5, 5.41) is 10.3. The molecule has 1 aromatic heterocycles. The quantitative estimate of drug-likeness (QED) is 0.904. The van der Waals surface area contributed by atoms with Crippen molar-refractivity contribution >= 4 is 36.5 Å². The Labute approximate surface area is 115 Å². The van der Waals surface area contributed by atoms with E-state index in [1.54, 1.807) is 12.1 Å². The highest BCUT2D eigenvalue weighted by molar-refractivity contribution is 7.91. The molecule has 1 aromatic carbocycles. The number of sulfone groups is 1. The highest BCUT2D eigenvalue weighted by Crippen LogP contribution is 2.33. The number of aliphatic hydroxyl groups excluding tert-OH is 1. The number of anilines is 1. The van der Waals surface area contributed by atoms with E-state index in [1.807, 2.05) is 11.0 Å². The number of thiazole rings is 1. The number of benzene rings is 1. The zero-order chi connectivity index (χ0) is 13.6. The van der Waals surface area contributed by atoms with Crippen molar-refractivity contribution in [1.29, 1.82) is 0 Å². The van der Waals surface area contributed by atoms with E-state index in [0.717, 1.165) is 22.8 Å². The number of aromatic nitrogens is 1. The molecule has 1 atom stereocenters. The van der Waals surface area contributed by atoms with Crippen LogP contribution in [0.1, 0.15) is 6.42 Å². The maximum Gasteiger partial charge on any atom is 0.186 e. The monoisotopic (exact) mass is 298 g/mol. The average molecular weight is 298 g/mol. The van der Waals surface area contributed by atoms with Gasteiger partial charge in [0.05, 0.1) is 15.7 Å². The summed E-state index contributed by atoms with van der Waals surface area (Å²) in [6.07, 6.45) is 1.61. The molecule has 0 bridgehead atoms. The first-order chi connectivity index (χ1) is 8.95. The molecule has 5 nitrogen and oxygen atoms in total. The normalized spacial score (nSPS) is 20.3. The summed E-state index contributed by atoms with van der Waals surface area (Å²) in [5.74, 6) is 0. The zero-order valence-corrected chi connectivity index (χ0v) is 12.0. The fraction of sp³-hybridized carbons (Fsp3) is 0.417. The van der Waals surface area contributed by atoms with Gasteiger partial charge in [-0.05, 0) is 18.6 Å². The molecule has 0 aliphatic carbocycles. The van der Waals surface area contributed by atoms with Crippen LogP contribution in [0.2, 0.25) is 0 Å². The molecule has 1 fully saturated rings. The van der Waals surface area contributed by atoms with Crippen LogP contribution in [0, 0.1) is 0 Å². The summed E-state index contributed by atoms with van der Waals surface area (Å²) >= 11 is 1.47. The lowest BCUT2D eigenvalue weighted by Crippen LogP contribution is -2.20. The van der Waals surface area contributed by atoms with E-state index in [1.165, 1.54) is 17.6 Å². The lowest BCUT2D eigenvalue weighted by molar-refractivity contribution is 0.198. The number of nitrogens with zero attached hydrogens (tertiary/aromatic N) is 2. The predicted octanol–water partition coefficient (Wildman–Crippen LogP) is 1.27. The van der Waals surface area contributed by atoms with Crippen LogP contribution >= 0.6 is 11.3 Å². The van der Waals surface area contributed by atoms with Gasteiger partial charge in [-0.25, -0.2) is 13.4 Å². The van der Waals surface area contributed by atoms with E-state index >= 15 is 0 Å². The molecule has 0 amide bonds. The van der Waals surface area contributed by atoms with Crippen LogP contribution in [0.4, 0.5) is 5.13 Å². The summed E-state index contributed by atoms with van der Waals surface area (Å²) < 4.78 is 24.3. The largest absolute Gasteiger partial charge is 0.391 e. The summed E-state index contributed by atoms with van der Waals surface area (Å²) in [4.78, 5) is 6.72. The van der Waals surface area contributed by atoms with E-state index in [0.29, 0.717) is 12.1 Å². The van der Waals surface area contributed by atoms with E-state index in [-0.39, 0.29) is 11.0 Å². The molecule has 1 saturated heterocycles. The molecule has 7 heteroatoms. The standard InChI is InChI=1S/C12H14N2O3S2/c1-19(16,17)10-4-2-3-9-11(10)13-12(18-9)14-6-5-8(15)7-14/h2-4,8,15H,5-7H2,1H3. The Bertz CT molecular complexity index is 724.